The van der Waals surface area contributed by atoms with Gasteiger partial charge in [0, 0.05) is 23.4 Å². The van der Waals surface area contributed by atoms with Crippen molar-refractivity contribution in [2.75, 3.05) is 11.9 Å². The van der Waals surface area contributed by atoms with Crippen molar-refractivity contribution in [1.82, 2.24) is 0 Å². The van der Waals surface area contributed by atoms with Crippen LogP contribution in [0.4, 0.5) is 58.4 Å². The molecule has 2 rings (SSSR count). The van der Waals surface area contributed by atoms with Gasteiger partial charge in [0.1, 0.15) is 0 Å². The SMILES string of the molecule is OC(c1cc2c(c(C(O)(C(F)(F)F)C(F)(F)F)c1)NCCC2)(C(F)(F)F)C(F)(F)F. The van der Waals surface area contributed by atoms with Crippen molar-refractivity contribution >= 4 is 5.69 Å². The fourth-order valence-corrected chi connectivity index (χ4v) is 3.05. The Balaban J connectivity index is 3.00. The standard InChI is InChI=1S/C15H11F12NO2/c16-12(17,18)10(29,13(19,20)21)7-4-6-2-1-3-28-9(6)8(5-7)11(30,14(22,23)24)15(25,26)27/h4-5,28-30H,1-3H2. The molecule has 15 heteroatoms. The van der Waals surface area contributed by atoms with E-state index in [1.807, 2.05) is 5.32 Å². The zero-order valence-electron chi connectivity index (χ0n) is 14.2. The van der Waals surface area contributed by atoms with Crippen LogP contribution < -0.4 is 5.32 Å². The summed E-state index contributed by atoms with van der Waals surface area (Å²) in [5, 5.41) is 21.0. The molecule has 0 saturated heterocycles. The van der Waals surface area contributed by atoms with Crippen LogP contribution in [0.2, 0.25) is 0 Å². The van der Waals surface area contributed by atoms with Crippen molar-refractivity contribution in [3.05, 3.63) is 28.8 Å². The molecule has 0 aliphatic carbocycles. The van der Waals surface area contributed by atoms with Crippen molar-refractivity contribution in [3.63, 3.8) is 0 Å². The highest BCUT2D eigenvalue weighted by atomic mass is 19.4. The minimum Gasteiger partial charge on any atom is -0.384 e. The lowest BCUT2D eigenvalue weighted by Gasteiger charge is -2.38. The van der Waals surface area contributed by atoms with E-state index in [9.17, 15) is 62.9 Å². The van der Waals surface area contributed by atoms with Gasteiger partial charge < -0.3 is 15.5 Å². The third kappa shape index (κ3) is 3.44. The van der Waals surface area contributed by atoms with Gasteiger partial charge in [-0.05, 0) is 24.5 Å². The molecule has 0 spiro atoms. The maximum atomic E-state index is 13.2. The minimum absolute atomic E-state index is 0.0130. The van der Waals surface area contributed by atoms with Crippen molar-refractivity contribution in [2.45, 2.75) is 48.7 Å². The quantitative estimate of drug-likeness (QED) is 0.557. The Bertz CT molecular complexity index is 778. The third-order valence-corrected chi connectivity index (χ3v) is 4.59. The van der Waals surface area contributed by atoms with Crippen LogP contribution in [0.15, 0.2) is 12.1 Å². The number of aryl methyl sites for hydroxylation is 1. The van der Waals surface area contributed by atoms with Gasteiger partial charge in [-0.3, -0.25) is 0 Å². The number of anilines is 1. The Morgan fingerprint density at radius 2 is 1.10 bits per heavy atom. The lowest BCUT2D eigenvalue weighted by Crippen LogP contribution is -2.56. The zero-order valence-corrected chi connectivity index (χ0v) is 14.2. The summed E-state index contributed by atoms with van der Waals surface area (Å²) in [6.07, 6.45) is -26.9. The topological polar surface area (TPSA) is 52.5 Å². The first-order chi connectivity index (χ1) is 13.2. The molecule has 1 aromatic carbocycles. The van der Waals surface area contributed by atoms with E-state index in [0.717, 1.165) is 0 Å². The van der Waals surface area contributed by atoms with E-state index in [-0.39, 0.29) is 19.0 Å². The Hall–Kier alpha value is -1.90. The molecule has 30 heavy (non-hydrogen) atoms. The lowest BCUT2D eigenvalue weighted by atomic mass is 9.81. The minimum atomic E-state index is -6.58. The molecule has 0 bridgehead atoms. The number of hydrogen-bond donors (Lipinski definition) is 3. The van der Waals surface area contributed by atoms with Crippen molar-refractivity contribution in [3.8, 4) is 0 Å². The second kappa shape index (κ2) is 6.80. The van der Waals surface area contributed by atoms with Crippen LogP contribution in [0.25, 0.3) is 0 Å². The molecule has 0 saturated carbocycles. The molecule has 1 aliphatic rings. The fraction of sp³-hybridized carbons (Fsp3) is 0.600. The van der Waals surface area contributed by atoms with Crippen molar-refractivity contribution in [2.24, 2.45) is 0 Å². The number of hydrogen-bond acceptors (Lipinski definition) is 3. The molecule has 0 radical (unpaired) electrons. The second-order valence-electron chi connectivity index (χ2n) is 6.50. The summed E-state index contributed by atoms with van der Waals surface area (Å²) < 4.78 is 158. The van der Waals surface area contributed by atoms with Crippen LogP contribution in [0.1, 0.15) is 23.1 Å². The van der Waals surface area contributed by atoms with Crippen molar-refractivity contribution < 1.29 is 62.9 Å². The molecule has 3 nitrogen and oxygen atoms in total. The summed E-state index contributed by atoms with van der Waals surface area (Å²) in [6.45, 7) is -0.270. The molecular formula is C15H11F12NO2. The smallest absolute Gasteiger partial charge is 0.384 e. The maximum Gasteiger partial charge on any atom is 0.430 e. The Labute approximate surface area is 159 Å². The van der Waals surface area contributed by atoms with Gasteiger partial charge in [0.25, 0.3) is 11.2 Å². The first-order valence-corrected chi connectivity index (χ1v) is 7.83. The molecule has 1 aromatic rings. The van der Waals surface area contributed by atoms with Crippen LogP contribution in [0, 0.1) is 0 Å². The number of aliphatic hydroxyl groups is 2. The number of alkyl halides is 12. The summed E-state index contributed by atoms with van der Waals surface area (Å²) in [7, 11) is 0. The Morgan fingerprint density at radius 1 is 0.667 bits per heavy atom. The Morgan fingerprint density at radius 3 is 1.50 bits per heavy atom. The van der Waals surface area contributed by atoms with Gasteiger partial charge in [0.05, 0.1) is 0 Å². The number of nitrogens with one attached hydrogen (secondary N) is 1. The molecule has 0 aromatic heterocycles. The number of fused-ring (bicyclic) bond motifs is 1. The van der Waals surface area contributed by atoms with Gasteiger partial charge in [-0.15, -0.1) is 0 Å². The highest BCUT2D eigenvalue weighted by molar-refractivity contribution is 5.64. The van der Waals surface area contributed by atoms with Gasteiger partial charge in [-0.1, -0.05) is 6.07 Å². The van der Waals surface area contributed by atoms with E-state index in [4.69, 9.17) is 0 Å². The molecule has 0 unspecified atom stereocenters. The maximum absolute atomic E-state index is 13.2. The average molecular weight is 465 g/mol. The highest BCUT2D eigenvalue weighted by Crippen LogP contribution is 2.56. The van der Waals surface area contributed by atoms with Crippen LogP contribution in [0.5, 0.6) is 0 Å². The first-order valence-electron chi connectivity index (χ1n) is 7.83. The second-order valence-corrected chi connectivity index (χ2v) is 6.50. The van der Waals surface area contributed by atoms with Crippen LogP contribution in [-0.4, -0.2) is 41.5 Å². The number of rotatable bonds is 2. The van der Waals surface area contributed by atoms with Gasteiger partial charge in [0.15, 0.2) is 0 Å². The summed E-state index contributed by atoms with van der Waals surface area (Å²) in [5.74, 6) is 0. The van der Waals surface area contributed by atoms with E-state index < -0.39 is 70.8 Å². The summed E-state index contributed by atoms with van der Waals surface area (Å²) in [4.78, 5) is 0. The molecule has 1 heterocycles. The van der Waals surface area contributed by atoms with Gasteiger partial charge in [-0.25, -0.2) is 0 Å². The van der Waals surface area contributed by atoms with Crippen molar-refractivity contribution in [1.29, 1.82) is 0 Å². The van der Waals surface area contributed by atoms with E-state index >= 15 is 0 Å². The predicted molar refractivity (Wildman–Crippen MR) is 75.3 cm³/mol. The summed E-state index contributed by atoms with van der Waals surface area (Å²) in [6, 6.07) is -0.766. The number of halogens is 12. The molecule has 0 fully saturated rings. The molecule has 3 N–H and O–H groups in total. The number of benzene rings is 1. The highest BCUT2D eigenvalue weighted by Gasteiger charge is 2.74. The summed E-state index contributed by atoms with van der Waals surface area (Å²) >= 11 is 0. The van der Waals surface area contributed by atoms with E-state index in [1.165, 1.54) is 0 Å². The molecular weight excluding hydrogens is 454 g/mol. The van der Waals surface area contributed by atoms with Crippen LogP contribution in [0.3, 0.4) is 0 Å². The fourth-order valence-electron chi connectivity index (χ4n) is 3.05. The third-order valence-electron chi connectivity index (χ3n) is 4.59. The molecule has 1 aliphatic heterocycles. The lowest BCUT2D eigenvalue weighted by molar-refractivity contribution is -0.378. The summed E-state index contributed by atoms with van der Waals surface area (Å²) in [5.41, 5.74) is -18.2. The average Bonchev–Trinajstić information content (AvgIpc) is 2.55. The Kier molecular flexibility index (Phi) is 5.52. The normalized spacial score (nSPS) is 16.9. The monoisotopic (exact) mass is 465 g/mol. The van der Waals surface area contributed by atoms with Crippen LogP contribution in [-0.2, 0) is 17.6 Å². The van der Waals surface area contributed by atoms with E-state index in [0.29, 0.717) is 0 Å². The predicted octanol–water partition coefficient (Wildman–Crippen LogP) is 4.67. The molecule has 172 valence electrons. The molecule has 0 amide bonds. The zero-order chi connectivity index (χ0) is 23.6. The first kappa shape index (κ1) is 24.4. The van der Waals surface area contributed by atoms with E-state index in [2.05, 4.69) is 0 Å². The van der Waals surface area contributed by atoms with E-state index in [1.54, 1.807) is 0 Å². The largest absolute Gasteiger partial charge is 0.430 e. The van der Waals surface area contributed by atoms with Crippen LogP contribution >= 0.6 is 0 Å². The van der Waals surface area contributed by atoms with Gasteiger partial charge in [0.2, 0.25) is 0 Å². The van der Waals surface area contributed by atoms with Gasteiger partial charge >= 0.3 is 24.7 Å². The molecule has 0 atom stereocenters. The van der Waals surface area contributed by atoms with Gasteiger partial charge in [-0.2, -0.15) is 52.7 Å².